The lowest BCUT2D eigenvalue weighted by molar-refractivity contribution is -0.140. The van der Waals surface area contributed by atoms with Gasteiger partial charge in [0.05, 0.1) is 0 Å². The van der Waals surface area contributed by atoms with Gasteiger partial charge < -0.3 is 10.2 Å². The van der Waals surface area contributed by atoms with Gasteiger partial charge in [-0.05, 0) is 51.9 Å². The molecular weight excluding hydrogens is 546 g/mol. The third kappa shape index (κ3) is 8.79. The molecule has 3 aromatic carbocycles. The van der Waals surface area contributed by atoms with E-state index in [1.165, 1.54) is 0 Å². The highest BCUT2D eigenvalue weighted by atomic mass is 16.5. The van der Waals surface area contributed by atoms with Crippen molar-refractivity contribution >= 4 is 17.7 Å². The van der Waals surface area contributed by atoms with E-state index in [4.69, 9.17) is 5.21 Å². The van der Waals surface area contributed by atoms with Crippen molar-refractivity contribution in [2.75, 3.05) is 13.1 Å². The molecule has 0 spiro atoms. The SMILES string of the molecule is CCCCC(=O)N(CCCNC(=O)C(Cc1ccccc1)C(=O)NO)Cc1ccc(-c2ccccc2-c2nnn[nH]2)cc1. The van der Waals surface area contributed by atoms with Crippen molar-refractivity contribution in [3.63, 3.8) is 0 Å². The molecule has 1 atom stereocenters. The molecule has 224 valence electrons. The number of unbranched alkanes of at least 4 members (excludes halogenated alkanes) is 1. The molecule has 0 aliphatic carbocycles. The van der Waals surface area contributed by atoms with Crippen molar-refractivity contribution in [2.45, 2.75) is 45.6 Å². The van der Waals surface area contributed by atoms with E-state index in [0.717, 1.165) is 40.7 Å². The molecular formula is C32H37N7O4. The minimum atomic E-state index is -1.07. The maximum Gasteiger partial charge on any atom is 0.256 e. The van der Waals surface area contributed by atoms with Crippen molar-refractivity contribution in [3.05, 3.63) is 90.0 Å². The van der Waals surface area contributed by atoms with E-state index in [-0.39, 0.29) is 18.9 Å². The van der Waals surface area contributed by atoms with Crippen LogP contribution >= 0.6 is 0 Å². The first-order valence-electron chi connectivity index (χ1n) is 14.5. The minimum absolute atomic E-state index is 0.0574. The summed E-state index contributed by atoms with van der Waals surface area (Å²) in [6.45, 7) is 3.22. The first-order chi connectivity index (χ1) is 21.0. The summed E-state index contributed by atoms with van der Waals surface area (Å²) >= 11 is 0. The Morgan fingerprint density at radius 1 is 0.884 bits per heavy atom. The number of H-pyrrole nitrogens is 1. The van der Waals surface area contributed by atoms with Crippen molar-refractivity contribution < 1.29 is 19.6 Å². The highest BCUT2D eigenvalue weighted by molar-refractivity contribution is 6.00. The van der Waals surface area contributed by atoms with Crippen LogP contribution in [0.25, 0.3) is 22.5 Å². The van der Waals surface area contributed by atoms with Crippen LogP contribution in [0.1, 0.15) is 43.7 Å². The lowest BCUT2D eigenvalue weighted by atomic mass is 9.97. The number of carbonyl (C=O) groups excluding carboxylic acids is 3. The number of aromatic amines is 1. The third-order valence-electron chi connectivity index (χ3n) is 7.19. The Morgan fingerprint density at radius 2 is 1.60 bits per heavy atom. The molecule has 11 nitrogen and oxygen atoms in total. The van der Waals surface area contributed by atoms with Crippen molar-refractivity contribution in [1.29, 1.82) is 0 Å². The molecule has 3 amide bonds. The summed E-state index contributed by atoms with van der Waals surface area (Å²) in [5, 5.41) is 26.2. The summed E-state index contributed by atoms with van der Waals surface area (Å²) in [5.74, 6) is -1.67. The predicted molar refractivity (Wildman–Crippen MR) is 161 cm³/mol. The Kier molecular flexibility index (Phi) is 11.5. The van der Waals surface area contributed by atoms with E-state index in [1.807, 2.05) is 90.7 Å². The molecule has 0 bridgehead atoms. The van der Waals surface area contributed by atoms with Crippen molar-refractivity contribution in [2.24, 2.45) is 5.92 Å². The molecule has 43 heavy (non-hydrogen) atoms. The molecule has 0 saturated carbocycles. The minimum Gasteiger partial charge on any atom is -0.355 e. The van der Waals surface area contributed by atoms with E-state index in [0.29, 0.717) is 31.8 Å². The fourth-order valence-electron chi connectivity index (χ4n) is 4.84. The average Bonchev–Trinajstić information content (AvgIpc) is 3.59. The van der Waals surface area contributed by atoms with Crippen LogP contribution in [-0.2, 0) is 27.3 Å². The van der Waals surface area contributed by atoms with Crippen LogP contribution in [0.3, 0.4) is 0 Å². The molecule has 11 heteroatoms. The molecule has 1 aromatic heterocycles. The second kappa shape index (κ2) is 15.9. The lowest BCUT2D eigenvalue weighted by Crippen LogP contribution is -2.42. The van der Waals surface area contributed by atoms with Gasteiger partial charge in [-0.3, -0.25) is 19.6 Å². The monoisotopic (exact) mass is 583 g/mol. The van der Waals surface area contributed by atoms with Crippen LogP contribution in [0.15, 0.2) is 78.9 Å². The summed E-state index contributed by atoms with van der Waals surface area (Å²) in [7, 11) is 0. The zero-order chi connectivity index (χ0) is 30.4. The third-order valence-corrected chi connectivity index (χ3v) is 7.19. The zero-order valence-electron chi connectivity index (χ0n) is 24.2. The van der Waals surface area contributed by atoms with Crippen molar-refractivity contribution in [3.8, 4) is 22.5 Å². The number of tetrazole rings is 1. The molecule has 4 rings (SSSR count). The Labute approximate surface area is 250 Å². The highest BCUT2D eigenvalue weighted by Gasteiger charge is 2.26. The number of rotatable bonds is 15. The van der Waals surface area contributed by atoms with Gasteiger partial charge in [0.25, 0.3) is 5.91 Å². The van der Waals surface area contributed by atoms with Gasteiger partial charge in [0, 0.05) is 31.6 Å². The van der Waals surface area contributed by atoms with Crippen LogP contribution in [0.4, 0.5) is 0 Å². The number of carbonyl (C=O) groups is 3. The second-order valence-electron chi connectivity index (χ2n) is 10.3. The van der Waals surface area contributed by atoms with Gasteiger partial charge in [-0.1, -0.05) is 92.2 Å². The number of hydrogen-bond acceptors (Lipinski definition) is 7. The average molecular weight is 584 g/mol. The largest absolute Gasteiger partial charge is 0.355 e. The molecule has 0 aliphatic heterocycles. The van der Waals surface area contributed by atoms with Crippen LogP contribution < -0.4 is 10.8 Å². The number of hydrogen-bond donors (Lipinski definition) is 4. The summed E-state index contributed by atoms with van der Waals surface area (Å²) in [6, 6.07) is 25.1. The molecule has 4 aromatic rings. The van der Waals surface area contributed by atoms with Crippen LogP contribution in [-0.4, -0.2) is 61.5 Å². The Balaban J connectivity index is 1.37. The van der Waals surface area contributed by atoms with Crippen LogP contribution in [0.2, 0.25) is 0 Å². The molecule has 0 saturated heterocycles. The number of amides is 3. The Hall–Kier alpha value is -4.90. The van der Waals surface area contributed by atoms with Gasteiger partial charge in [-0.2, -0.15) is 0 Å². The smallest absolute Gasteiger partial charge is 0.256 e. The van der Waals surface area contributed by atoms with Gasteiger partial charge in [0.2, 0.25) is 11.8 Å². The van der Waals surface area contributed by atoms with Gasteiger partial charge in [-0.15, -0.1) is 5.10 Å². The molecule has 0 fully saturated rings. The number of benzene rings is 3. The first kappa shape index (κ1) is 31.0. The molecule has 1 unspecified atom stereocenters. The number of nitrogens with one attached hydrogen (secondary N) is 3. The Bertz CT molecular complexity index is 1460. The topological polar surface area (TPSA) is 153 Å². The maximum absolute atomic E-state index is 13.1. The van der Waals surface area contributed by atoms with Crippen molar-refractivity contribution in [1.82, 2.24) is 36.3 Å². The van der Waals surface area contributed by atoms with E-state index in [1.54, 1.807) is 5.48 Å². The first-order valence-corrected chi connectivity index (χ1v) is 14.5. The Morgan fingerprint density at radius 3 is 2.28 bits per heavy atom. The maximum atomic E-state index is 13.1. The van der Waals surface area contributed by atoms with Gasteiger partial charge >= 0.3 is 0 Å². The summed E-state index contributed by atoms with van der Waals surface area (Å²) < 4.78 is 0. The van der Waals surface area contributed by atoms with Crippen LogP contribution in [0.5, 0.6) is 0 Å². The summed E-state index contributed by atoms with van der Waals surface area (Å²) in [5.41, 5.74) is 6.27. The zero-order valence-corrected chi connectivity index (χ0v) is 24.2. The highest BCUT2D eigenvalue weighted by Crippen LogP contribution is 2.30. The van der Waals surface area contributed by atoms with E-state index in [9.17, 15) is 14.4 Å². The molecule has 1 heterocycles. The molecule has 0 aliphatic rings. The van der Waals surface area contributed by atoms with Gasteiger partial charge in [0.15, 0.2) is 5.82 Å². The van der Waals surface area contributed by atoms with E-state index >= 15 is 0 Å². The second-order valence-corrected chi connectivity index (χ2v) is 10.3. The summed E-state index contributed by atoms with van der Waals surface area (Å²) in [6.07, 6.45) is 2.85. The molecule has 4 N–H and O–H groups in total. The predicted octanol–water partition coefficient (Wildman–Crippen LogP) is 3.92. The van der Waals surface area contributed by atoms with Gasteiger partial charge in [0.1, 0.15) is 5.92 Å². The fraction of sp³-hybridized carbons (Fsp3) is 0.312. The van der Waals surface area contributed by atoms with E-state index < -0.39 is 17.7 Å². The standard InChI is InChI=1S/C32H37N7O4/c1-2-3-14-29(40)39(20-9-19-33-31(41)28(32(42)36-43)21-23-10-5-4-6-11-23)22-24-15-17-25(18-16-24)26-12-7-8-13-27(26)30-34-37-38-35-30/h4-8,10-13,15-18,28,43H,2-3,9,14,19-22H2,1H3,(H,33,41)(H,36,42)(H,34,35,37,38). The number of aromatic nitrogens is 4. The van der Waals surface area contributed by atoms with E-state index in [2.05, 4.69) is 25.9 Å². The quantitative estimate of drug-likeness (QED) is 0.0716. The normalized spacial score (nSPS) is 11.5. The van der Waals surface area contributed by atoms with Crippen LogP contribution in [0, 0.1) is 5.92 Å². The molecule has 0 radical (unpaired) electrons. The number of hydroxylamine groups is 1. The summed E-state index contributed by atoms with van der Waals surface area (Å²) in [4.78, 5) is 39.9. The van der Waals surface area contributed by atoms with Gasteiger partial charge in [-0.25, -0.2) is 10.6 Å². The fourth-order valence-corrected chi connectivity index (χ4v) is 4.84. The lowest BCUT2D eigenvalue weighted by Gasteiger charge is -2.23. The number of nitrogens with zero attached hydrogens (tertiary/aromatic N) is 4.